The number of carbonyl (C=O) groups is 3. The van der Waals surface area contributed by atoms with Crippen LogP contribution >= 0.6 is 0 Å². The highest BCUT2D eigenvalue weighted by Gasteiger charge is 2.72. The predicted molar refractivity (Wildman–Crippen MR) is 130 cm³/mol. The molecule has 2 fully saturated rings. The zero-order chi connectivity index (χ0) is 27.0. The number of esters is 1. The van der Waals surface area contributed by atoms with E-state index in [0.29, 0.717) is 43.5 Å². The number of nitrogens with zero attached hydrogens (tertiary/aromatic N) is 2. The molecular formula is C27H32N2O9. The van der Waals surface area contributed by atoms with Gasteiger partial charge in [0.1, 0.15) is 17.6 Å². The fourth-order valence-electron chi connectivity index (χ4n) is 7.50. The summed E-state index contributed by atoms with van der Waals surface area (Å²) in [6.45, 7) is 0.747. The number of aliphatic hydroxyl groups is 3. The van der Waals surface area contributed by atoms with Crippen LogP contribution < -0.4 is 4.74 Å². The summed E-state index contributed by atoms with van der Waals surface area (Å²) in [5, 5.41) is 40.9. The van der Waals surface area contributed by atoms with Crippen LogP contribution in [0.25, 0.3) is 0 Å². The minimum atomic E-state index is -1.85. The molecule has 2 bridgehead atoms. The van der Waals surface area contributed by atoms with E-state index in [9.17, 15) is 29.7 Å². The van der Waals surface area contributed by atoms with E-state index >= 15 is 0 Å². The Morgan fingerprint density at radius 2 is 2.05 bits per heavy atom. The first-order valence-corrected chi connectivity index (χ1v) is 13.1. The van der Waals surface area contributed by atoms with Gasteiger partial charge in [-0.1, -0.05) is 12.1 Å². The van der Waals surface area contributed by atoms with Crippen molar-refractivity contribution in [1.82, 2.24) is 9.80 Å². The quantitative estimate of drug-likeness (QED) is 0.365. The number of ether oxygens (including phenoxy) is 2. The summed E-state index contributed by atoms with van der Waals surface area (Å²) in [6.07, 6.45) is 0.829. The van der Waals surface area contributed by atoms with E-state index in [1.165, 1.54) is 4.90 Å². The van der Waals surface area contributed by atoms with Gasteiger partial charge in [0.25, 0.3) is 0 Å². The number of piperidine rings is 1. The Bertz CT molecular complexity index is 1250. The molecule has 204 valence electrons. The third kappa shape index (κ3) is 3.32. The van der Waals surface area contributed by atoms with E-state index in [4.69, 9.17) is 14.6 Å². The number of likely N-dealkylation sites (tertiary alicyclic amines) is 2. The molecule has 4 N–H and O–H groups in total. The smallest absolute Gasteiger partial charge is 0.334 e. The van der Waals surface area contributed by atoms with Gasteiger partial charge in [-0.25, -0.2) is 9.59 Å². The maximum Gasteiger partial charge on any atom is 0.334 e. The molecule has 1 amide bonds. The standard InChI is InChI=1S/C27H32N2O9/c1-28-10-8-26-21-14-4-5-15(13-30)22(21)38-23(26)18(6-7-27(26,36)19(28)11-14)37-25(35)16-3-2-9-29(16)20(32)12-17(31)24(33)34/h4-6,16-17,19,23,30-31,36H,2-3,7-13H2,1H3,(H,33,34)/t16-,17-,19+,23?,26?,27+/m0/s1. The number of amides is 1. The van der Waals surface area contributed by atoms with Gasteiger partial charge in [0.05, 0.1) is 24.0 Å². The Kier molecular flexibility index (Phi) is 5.84. The Balaban J connectivity index is 1.32. The number of rotatable bonds is 6. The van der Waals surface area contributed by atoms with Crippen LogP contribution in [0.2, 0.25) is 0 Å². The van der Waals surface area contributed by atoms with Crippen LogP contribution in [0.4, 0.5) is 0 Å². The van der Waals surface area contributed by atoms with E-state index in [0.717, 1.165) is 11.1 Å². The SMILES string of the molecule is CN1CCC23c4c5ccc(CO)c4OC2C(OC(=O)[C@@H]2CCCN2C(=O)C[C@H](O)C(=O)O)=CC[C@@]3(O)[C@H]1C5. The maximum atomic E-state index is 13.4. The van der Waals surface area contributed by atoms with Gasteiger partial charge in [-0.15, -0.1) is 0 Å². The van der Waals surface area contributed by atoms with Gasteiger partial charge in [-0.2, -0.15) is 0 Å². The monoisotopic (exact) mass is 528 g/mol. The molecule has 6 atom stereocenters. The number of carboxylic acid groups (broad SMARTS) is 1. The second-order valence-corrected chi connectivity index (χ2v) is 11.1. The van der Waals surface area contributed by atoms with Crippen molar-refractivity contribution in [2.24, 2.45) is 0 Å². The lowest BCUT2D eigenvalue weighted by molar-refractivity contribution is -0.171. The Morgan fingerprint density at radius 3 is 2.79 bits per heavy atom. The van der Waals surface area contributed by atoms with E-state index in [1.807, 2.05) is 19.2 Å². The molecule has 1 aromatic carbocycles. The van der Waals surface area contributed by atoms with Crippen molar-refractivity contribution >= 4 is 17.8 Å². The maximum absolute atomic E-state index is 13.4. The van der Waals surface area contributed by atoms with Crippen molar-refractivity contribution < 1.29 is 44.3 Å². The van der Waals surface area contributed by atoms with E-state index < -0.39 is 53.5 Å². The van der Waals surface area contributed by atoms with Gasteiger partial charge < -0.3 is 39.7 Å². The summed E-state index contributed by atoms with van der Waals surface area (Å²) in [6, 6.07) is 2.76. The molecule has 5 aliphatic rings. The van der Waals surface area contributed by atoms with Crippen LogP contribution in [0.1, 0.15) is 48.8 Å². The van der Waals surface area contributed by atoms with Gasteiger partial charge in [-0.3, -0.25) is 4.79 Å². The average molecular weight is 529 g/mol. The van der Waals surface area contributed by atoms with Gasteiger partial charge in [0.2, 0.25) is 5.91 Å². The fourth-order valence-corrected chi connectivity index (χ4v) is 7.50. The number of likely N-dealkylation sites (N-methyl/N-ethyl adjacent to an activating group) is 1. The topological polar surface area (TPSA) is 157 Å². The number of hydrogen-bond acceptors (Lipinski definition) is 9. The first-order valence-electron chi connectivity index (χ1n) is 13.1. The molecule has 0 radical (unpaired) electrons. The van der Waals surface area contributed by atoms with Crippen molar-refractivity contribution in [2.75, 3.05) is 20.1 Å². The first kappa shape index (κ1) is 25.3. The summed E-state index contributed by atoms with van der Waals surface area (Å²) >= 11 is 0. The molecule has 0 saturated carbocycles. The van der Waals surface area contributed by atoms with Crippen molar-refractivity contribution in [2.45, 2.75) is 80.4 Å². The minimum Gasteiger partial charge on any atom is -0.481 e. The van der Waals surface area contributed by atoms with Crippen LogP contribution in [0.3, 0.4) is 0 Å². The Hall–Kier alpha value is -2.99. The zero-order valence-corrected chi connectivity index (χ0v) is 21.1. The largest absolute Gasteiger partial charge is 0.481 e. The van der Waals surface area contributed by atoms with E-state index in [-0.39, 0.29) is 31.4 Å². The first-order chi connectivity index (χ1) is 18.1. The third-order valence-corrected chi connectivity index (χ3v) is 9.34. The summed E-state index contributed by atoms with van der Waals surface area (Å²) in [5.41, 5.74) is 0.553. The lowest BCUT2D eigenvalue weighted by Crippen LogP contribution is -2.74. The highest BCUT2D eigenvalue weighted by Crippen LogP contribution is 2.64. The predicted octanol–water partition coefficient (Wildman–Crippen LogP) is -0.174. The molecule has 6 rings (SSSR count). The molecule has 2 saturated heterocycles. The summed E-state index contributed by atoms with van der Waals surface area (Å²) in [7, 11) is 2.00. The van der Waals surface area contributed by atoms with Crippen LogP contribution in [-0.2, 0) is 37.6 Å². The number of aliphatic carboxylic acids is 1. The average Bonchev–Trinajstić information content (AvgIpc) is 3.51. The molecule has 11 nitrogen and oxygen atoms in total. The molecule has 3 heterocycles. The summed E-state index contributed by atoms with van der Waals surface area (Å²) < 4.78 is 12.4. The molecule has 1 aromatic rings. The molecule has 11 heteroatoms. The molecule has 2 aliphatic carbocycles. The molecule has 38 heavy (non-hydrogen) atoms. The summed E-state index contributed by atoms with van der Waals surface area (Å²) in [4.78, 5) is 40.5. The lowest BCUT2D eigenvalue weighted by Gasteiger charge is -2.61. The van der Waals surface area contributed by atoms with Gasteiger partial charge >= 0.3 is 11.9 Å². The lowest BCUT2D eigenvalue weighted by atomic mass is 9.50. The minimum absolute atomic E-state index is 0.155. The highest BCUT2D eigenvalue weighted by molar-refractivity contribution is 5.88. The third-order valence-electron chi connectivity index (χ3n) is 9.34. The highest BCUT2D eigenvalue weighted by atomic mass is 16.6. The number of aliphatic hydroxyl groups excluding tert-OH is 2. The number of benzene rings is 1. The van der Waals surface area contributed by atoms with Crippen LogP contribution in [-0.4, -0.2) is 98.1 Å². The number of carboxylic acids is 1. The van der Waals surface area contributed by atoms with E-state index in [2.05, 4.69) is 4.90 Å². The number of hydrogen-bond donors (Lipinski definition) is 4. The van der Waals surface area contributed by atoms with Gasteiger partial charge in [0, 0.05) is 30.1 Å². The van der Waals surface area contributed by atoms with E-state index in [1.54, 1.807) is 6.08 Å². The second kappa shape index (κ2) is 8.77. The molecule has 0 aromatic heterocycles. The fraction of sp³-hybridized carbons (Fsp3) is 0.593. The van der Waals surface area contributed by atoms with Crippen LogP contribution in [0.5, 0.6) is 5.75 Å². The van der Waals surface area contributed by atoms with Crippen LogP contribution in [0.15, 0.2) is 24.0 Å². The zero-order valence-electron chi connectivity index (χ0n) is 21.1. The summed E-state index contributed by atoms with van der Waals surface area (Å²) in [5.74, 6) is -1.96. The molecule has 2 unspecified atom stereocenters. The Morgan fingerprint density at radius 1 is 1.26 bits per heavy atom. The molecule has 3 aliphatic heterocycles. The molecule has 1 spiro atoms. The van der Waals surface area contributed by atoms with Gasteiger partial charge in [0.15, 0.2) is 12.2 Å². The van der Waals surface area contributed by atoms with Gasteiger partial charge in [-0.05, 0) is 50.9 Å². The van der Waals surface area contributed by atoms with Crippen molar-refractivity contribution in [3.63, 3.8) is 0 Å². The van der Waals surface area contributed by atoms with Crippen molar-refractivity contribution in [1.29, 1.82) is 0 Å². The second-order valence-electron chi connectivity index (χ2n) is 11.1. The number of carbonyl (C=O) groups excluding carboxylic acids is 2. The normalized spacial score (nSPS) is 33.7. The van der Waals surface area contributed by atoms with Crippen molar-refractivity contribution in [3.05, 3.63) is 40.7 Å². The molecular weight excluding hydrogens is 496 g/mol. The van der Waals surface area contributed by atoms with Crippen molar-refractivity contribution in [3.8, 4) is 5.75 Å². The Labute approximate surface area is 219 Å². The van der Waals surface area contributed by atoms with Crippen LogP contribution in [0, 0.1) is 0 Å².